The Hall–Kier alpha value is -0.780. The third-order valence-electron chi connectivity index (χ3n) is 2.87. The van der Waals surface area contributed by atoms with Crippen LogP contribution in [0, 0.1) is 5.92 Å². The van der Waals surface area contributed by atoms with E-state index in [1.54, 1.807) is 0 Å². The lowest BCUT2D eigenvalue weighted by Crippen LogP contribution is -2.00. The first-order valence-electron chi connectivity index (χ1n) is 7.09. The van der Waals surface area contributed by atoms with Crippen LogP contribution in [0.4, 0.5) is 0 Å². The Morgan fingerprint density at radius 2 is 1.76 bits per heavy atom. The summed E-state index contributed by atoms with van der Waals surface area (Å²) in [5.74, 6) is 0.633. The highest BCUT2D eigenvalue weighted by Crippen LogP contribution is 2.24. The molecule has 0 N–H and O–H groups in total. The monoisotopic (exact) mass is 236 g/mol. The molecule has 0 aromatic carbocycles. The number of hydrogen-bond acceptors (Lipinski definition) is 0. The molecule has 0 rings (SSSR count). The molecular weight excluding hydrogens is 204 g/mol. The van der Waals surface area contributed by atoms with E-state index >= 15 is 0 Å². The van der Waals surface area contributed by atoms with Gasteiger partial charge in [-0.2, -0.15) is 0 Å². The van der Waals surface area contributed by atoms with E-state index in [2.05, 4.69) is 53.3 Å². The van der Waals surface area contributed by atoms with Crippen molar-refractivity contribution in [2.45, 2.75) is 67.7 Å². The lowest BCUT2D eigenvalue weighted by atomic mass is 9.90. The van der Waals surface area contributed by atoms with Crippen molar-refractivity contribution in [3.8, 4) is 0 Å². The number of allylic oxidation sites excluding steroid dienone is 5. The van der Waals surface area contributed by atoms with Crippen LogP contribution in [-0.2, 0) is 0 Å². The summed E-state index contributed by atoms with van der Waals surface area (Å²) in [6.45, 7) is 19.0. The van der Waals surface area contributed by atoms with Crippen LogP contribution in [-0.4, -0.2) is 0 Å². The number of rotatable bonds is 6. The molecule has 0 aliphatic carbocycles. The van der Waals surface area contributed by atoms with Gasteiger partial charge >= 0.3 is 0 Å². The average Bonchev–Trinajstić information content (AvgIpc) is 2.33. The van der Waals surface area contributed by atoms with Crippen LogP contribution in [0.3, 0.4) is 0 Å². The van der Waals surface area contributed by atoms with E-state index in [1.807, 2.05) is 13.8 Å². The molecule has 17 heavy (non-hydrogen) atoms. The molecule has 0 aliphatic rings. The zero-order valence-electron chi connectivity index (χ0n) is 13.1. The second-order valence-corrected chi connectivity index (χ2v) is 4.29. The quantitative estimate of drug-likeness (QED) is 0.474. The molecular formula is C17H32. The van der Waals surface area contributed by atoms with Crippen molar-refractivity contribution in [3.05, 3.63) is 35.5 Å². The highest BCUT2D eigenvalue weighted by molar-refractivity contribution is 5.35. The summed E-state index contributed by atoms with van der Waals surface area (Å²) < 4.78 is 0. The third kappa shape index (κ3) is 8.01. The zero-order valence-corrected chi connectivity index (χ0v) is 13.1. The fourth-order valence-electron chi connectivity index (χ4n) is 1.86. The van der Waals surface area contributed by atoms with Crippen LogP contribution >= 0.6 is 0 Å². The summed E-state index contributed by atoms with van der Waals surface area (Å²) in [4.78, 5) is 0. The van der Waals surface area contributed by atoms with Crippen LogP contribution in [0.1, 0.15) is 67.7 Å². The molecule has 0 aliphatic heterocycles. The maximum Gasteiger partial charge on any atom is -0.0188 e. The van der Waals surface area contributed by atoms with Crippen LogP contribution in [0.5, 0.6) is 0 Å². The maximum atomic E-state index is 4.08. The van der Waals surface area contributed by atoms with Gasteiger partial charge in [-0.1, -0.05) is 70.9 Å². The van der Waals surface area contributed by atoms with E-state index in [4.69, 9.17) is 0 Å². The zero-order chi connectivity index (χ0) is 13.8. The Morgan fingerprint density at radius 3 is 2.06 bits per heavy atom. The Morgan fingerprint density at radius 1 is 1.24 bits per heavy atom. The molecule has 0 nitrogen and oxygen atoms in total. The fraction of sp³-hybridized carbons (Fsp3) is 0.647. The van der Waals surface area contributed by atoms with Gasteiger partial charge in [-0.05, 0) is 38.2 Å². The lowest BCUT2D eigenvalue weighted by molar-refractivity contribution is 0.606. The first-order valence-corrected chi connectivity index (χ1v) is 7.09. The first kappa shape index (κ1) is 18.6. The van der Waals surface area contributed by atoms with Gasteiger partial charge in [-0.3, -0.25) is 0 Å². The molecule has 0 fully saturated rings. The summed E-state index contributed by atoms with van der Waals surface area (Å²) in [5.41, 5.74) is 4.05. The van der Waals surface area contributed by atoms with Crippen molar-refractivity contribution in [2.75, 3.05) is 0 Å². The second kappa shape index (κ2) is 11.7. The molecule has 0 heteroatoms. The van der Waals surface area contributed by atoms with Gasteiger partial charge in [0.15, 0.2) is 0 Å². The molecule has 0 saturated heterocycles. The Balaban J connectivity index is 0. The fourth-order valence-corrected chi connectivity index (χ4v) is 1.86. The van der Waals surface area contributed by atoms with Crippen molar-refractivity contribution in [2.24, 2.45) is 5.92 Å². The molecule has 1 atom stereocenters. The van der Waals surface area contributed by atoms with Crippen LogP contribution < -0.4 is 0 Å². The second-order valence-electron chi connectivity index (χ2n) is 4.29. The summed E-state index contributed by atoms with van der Waals surface area (Å²) in [7, 11) is 0. The van der Waals surface area contributed by atoms with Gasteiger partial charge in [0.05, 0.1) is 0 Å². The van der Waals surface area contributed by atoms with Crippen LogP contribution in [0.15, 0.2) is 35.5 Å². The third-order valence-corrected chi connectivity index (χ3v) is 2.87. The van der Waals surface area contributed by atoms with Crippen molar-refractivity contribution in [3.63, 3.8) is 0 Å². The van der Waals surface area contributed by atoms with Crippen LogP contribution in [0.2, 0.25) is 0 Å². The smallest absolute Gasteiger partial charge is 0.0188 e. The van der Waals surface area contributed by atoms with Crippen LogP contribution in [0.25, 0.3) is 0 Å². The number of hydrogen-bond donors (Lipinski definition) is 0. The summed E-state index contributed by atoms with van der Waals surface area (Å²) in [5, 5.41) is 0. The highest BCUT2D eigenvalue weighted by atomic mass is 14.1. The lowest BCUT2D eigenvalue weighted by Gasteiger charge is -2.16. The summed E-state index contributed by atoms with van der Waals surface area (Å²) in [6, 6.07) is 0. The Kier molecular flexibility index (Phi) is 12.8. The molecule has 0 aromatic rings. The molecule has 0 heterocycles. The summed E-state index contributed by atoms with van der Waals surface area (Å²) >= 11 is 0. The van der Waals surface area contributed by atoms with Gasteiger partial charge in [-0.25, -0.2) is 0 Å². The van der Waals surface area contributed by atoms with Gasteiger partial charge in [0.2, 0.25) is 0 Å². The highest BCUT2D eigenvalue weighted by Gasteiger charge is 2.08. The van der Waals surface area contributed by atoms with Gasteiger partial charge in [0.1, 0.15) is 0 Å². The van der Waals surface area contributed by atoms with E-state index in [0.29, 0.717) is 5.92 Å². The molecule has 0 bridgehead atoms. The van der Waals surface area contributed by atoms with E-state index in [9.17, 15) is 0 Å². The van der Waals surface area contributed by atoms with Gasteiger partial charge in [0, 0.05) is 0 Å². The topological polar surface area (TPSA) is 0 Å². The summed E-state index contributed by atoms with van der Waals surface area (Å²) in [6.07, 6.45) is 8.11. The maximum absolute atomic E-state index is 4.08. The van der Waals surface area contributed by atoms with E-state index in [-0.39, 0.29) is 0 Å². The standard InChI is InChI=1S/C15H26.C2H6/c1-7-10-13(6)15(12(4)5)11-14(8-2)9-3;1-2/h8,11,13H,4,7,9-10H2,1-3,5-6H3;1-2H3/b14-8-,15-11+;. The molecule has 0 spiro atoms. The van der Waals surface area contributed by atoms with Gasteiger partial charge < -0.3 is 0 Å². The van der Waals surface area contributed by atoms with E-state index in [1.165, 1.54) is 29.6 Å². The largest absolute Gasteiger partial charge is 0.0958 e. The van der Waals surface area contributed by atoms with Crippen molar-refractivity contribution < 1.29 is 0 Å². The van der Waals surface area contributed by atoms with Crippen molar-refractivity contribution in [1.29, 1.82) is 0 Å². The predicted octanol–water partition coefficient (Wildman–Crippen LogP) is 6.31. The van der Waals surface area contributed by atoms with Gasteiger partial charge in [0.25, 0.3) is 0 Å². The van der Waals surface area contributed by atoms with Gasteiger partial charge in [-0.15, -0.1) is 0 Å². The van der Waals surface area contributed by atoms with Crippen molar-refractivity contribution >= 4 is 0 Å². The minimum absolute atomic E-state index is 0.633. The molecule has 1 unspecified atom stereocenters. The molecule has 0 saturated carbocycles. The minimum Gasteiger partial charge on any atom is -0.0958 e. The molecule has 0 radical (unpaired) electrons. The average molecular weight is 236 g/mol. The normalized spacial score (nSPS) is 13.8. The molecule has 0 amide bonds. The Labute approximate surface area is 110 Å². The molecule has 100 valence electrons. The first-order chi connectivity index (χ1) is 8.06. The van der Waals surface area contributed by atoms with Crippen molar-refractivity contribution in [1.82, 2.24) is 0 Å². The minimum atomic E-state index is 0.633. The Bertz CT molecular complexity index is 253. The molecule has 0 aromatic heterocycles. The predicted molar refractivity (Wildman–Crippen MR) is 82.4 cm³/mol. The van der Waals surface area contributed by atoms with E-state index in [0.717, 1.165) is 6.42 Å². The SMILES string of the molecule is C=C(C)/C(=C\C(=C/C)CC)C(C)CCC.CC. The van der Waals surface area contributed by atoms with E-state index < -0.39 is 0 Å².